The van der Waals surface area contributed by atoms with Crippen LogP contribution in [0.3, 0.4) is 0 Å². The summed E-state index contributed by atoms with van der Waals surface area (Å²) in [5, 5.41) is 68.7. The van der Waals surface area contributed by atoms with Gasteiger partial charge >= 0.3 is 27.3 Å². The quantitative estimate of drug-likeness (QED) is 0.112. The van der Waals surface area contributed by atoms with Gasteiger partial charge in [-0.25, -0.2) is 0 Å². The van der Waals surface area contributed by atoms with Crippen LogP contribution >= 0.6 is 0 Å². The van der Waals surface area contributed by atoms with Crippen LogP contribution in [0.5, 0.6) is 0 Å². The Kier molecular flexibility index (Phi) is 47.2. The van der Waals surface area contributed by atoms with Crippen molar-refractivity contribution < 1.29 is 50.4 Å². The molecule has 0 aromatic heterocycles. The van der Waals surface area contributed by atoms with Crippen molar-refractivity contribution in [3.05, 3.63) is 0 Å². The van der Waals surface area contributed by atoms with Crippen LogP contribution in [-0.4, -0.2) is 159 Å². The zero-order valence-corrected chi connectivity index (χ0v) is 21.1. The van der Waals surface area contributed by atoms with Gasteiger partial charge in [-0.15, -0.1) is 0 Å². The third kappa shape index (κ3) is 58.4. The van der Waals surface area contributed by atoms with E-state index >= 15 is 0 Å². The maximum atomic E-state index is 8.89. The van der Waals surface area contributed by atoms with Crippen molar-refractivity contribution >= 4 is 39.2 Å². The summed E-state index contributed by atoms with van der Waals surface area (Å²) >= 11 is 0. The topological polar surface area (TPSA) is 208 Å². The van der Waals surface area contributed by atoms with Crippen LogP contribution < -0.4 is 10.2 Å². The second-order valence-electron chi connectivity index (χ2n) is 5.01. The first-order valence-electron chi connectivity index (χ1n) is 8.61. The predicted molar refractivity (Wildman–Crippen MR) is 103 cm³/mol. The van der Waals surface area contributed by atoms with E-state index in [0.717, 1.165) is 13.8 Å². The fraction of sp³-hybridized carbons (Fsp3) is 0.875. The maximum absolute atomic E-state index is 8.89. The molecular formula is C16H36N2O10Pb. The van der Waals surface area contributed by atoms with Gasteiger partial charge in [-0.05, 0) is 13.8 Å². The first-order valence-corrected chi connectivity index (χ1v) is 8.61. The van der Waals surface area contributed by atoms with Crippen molar-refractivity contribution in [3.63, 3.8) is 0 Å². The Labute approximate surface area is 192 Å². The molecule has 0 saturated heterocycles. The molecule has 0 aromatic carbocycles. The number of rotatable bonds is 12. The van der Waals surface area contributed by atoms with Crippen LogP contribution in [0.1, 0.15) is 13.8 Å². The molecule has 0 aromatic rings. The summed E-state index contributed by atoms with van der Waals surface area (Å²) in [5.41, 5.74) is 0. The number of aliphatic hydroxyl groups is 6. The van der Waals surface area contributed by atoms with Gasteiger partial charge in [-0.2, -0.15) is 0 Å². The predicted octanol–water partition coefficient (Wildman–Crippen LogP) is -6.34. The SMILES string of the molecule is CC(=O)[O-].CC(=O)[O-].OCCN(CCO)CCO.OCCN(CCO)CCO.[Pb+2]. The molecule has 0 bridgehead atoms. The van der Waals surface area contributed by atoms with Crippen molar-refractivity contribution in [2.45, 2.75) is 13.8 Å². The number of carboxylic acids is 2. The van der Waals surface area contributed by atoms with Crippen LogP contribution in [-0.2, 0) is 9.59 Å². The molecular weight excluding hydrogens is 587 g/mol. The van der Waals surface area contributed by atoms with E-state index in [1.807, 2.05) is 0 Å². The van der Waals surface area contributed by atoms with E-state index in [0.29, 0.717) is 39.3 Å². The number of aliphatic carboxylic acids is 2. The van der Waals surface area contributed by atoms with Crippen molar-refractivity contribution in [2.75, 3.05) is 78.9 Å². The van der Waals surface area contributed by atoms with Gasteiger partial charge in [0.05, 0.1) is 39.6 Å². The Morgan fingerprint density at radius 3 is 0.724 bits per heavy atom. The van der Waals surface area contributed by atoms with Gasteiger partial charge in [0.1, 0.15) is 0 Å². The molecule has 0 spiro atoms. The third-order valence-corrected chi connectivity index (χ3v) is 2.50. The molecule has 0 atom stereocenters. The summed E-state index contributed by atoms with van der Waals surface area (Å²) in [5.74, 6) is -2.17. The zero-order valence-electron chi connectivity index (χ0n) is 17.2. The van der Waals surface area contributed by atoms with E-state index in [9.17, 15) is 0 Å². The summed E-state index contributed by atoms with van der Waals surface area (Å²) in [6, 6.07) is 0. The summed E-state index contributed by atoms with van der Waals surface area (Å²) in [6.45, 7) is 5.45. The minimum atomic E-state index is -1.08. The second-order valence-corrected chi connectivity index (χ2v) is 5.01. The number of carboxylic acid groups (broad SMARTS) is 2. The van der Waals surface area contributed by atoms with Crippen molar-refractivity contribution in [1.29, 1.82) is 0 Å². The molecule has 12 nitrogen and oxygen atoms in total. The van der Waals surface area contributed by atoms with E-state index in [1.165, 1.54) is 0 Å². The first-order chi connectivity index (χ1) is 13.2. The Balaban J connectivity index is -0.0000000950. The number of hydrogen-bond donors (Lipinski definition) is 6. The minimum absolute atomic E-state index is 0. The van der Waals surface area contributed by atoms with Gasteiger partial charge < -0.3 is 50.4 Å². The molecule has 2 radical (unpaired) electrons. The third-order valence-electron chi connectivity index (χ3n) is 2.50. The van der Waals surface area contributed by atoms with Gasteiger partial charge in [0.2, 0.25) is 0 Å². The van der Waals surface area contributed by atoms with Crippen molar-refractivity contribution in [2.24, 2.45) is 0 Å². The molecule has 0 fully saturated rings. The van der Waals surface area contributed by atoms with E-state index in [1.54, 1.807) is 9.80 Å². The van der Waals surface area contributed by atoms with E-state index in [4.69, 9.17) is 50.4 Å². The molecule has 0 rings (SSSR count). The summed E-state index contributed by atoms with van der Waals surface area (Å²) in [4.78, 5) is 21.4. The monoisotopic (exact) mass is 624 g/mol. The number of hydrogen-bond acceptors (Lipinski definition) is 12. The first kappa shape index (κ1) is 39.1. The molecule has 174 valence electrons. The molecule has 0 unspecified atom stereocenters. The number of carbonyl (C=O) groups excluding carboxylic acids is 2. The molecule has 13 heteroatoms. The summed E-state index contributed by atoms with van der Waals surface area (Å²) in [6.07, 6.45) is 0. The molecule has 0 aliphatic carbocycles. The summed E-state index contributed by atoms with van der Waals surface area (Å²) in [7, 11) is 0. The second kappa shape index (κ2) is 35.0. The molecule has 0 amide bonds. The average molecular weight is 624 g/mol. The molecule has 0 aliphatic heterocycles. The Morgan fingerprint density at radius 2 is 0.655 bits per heavy atom. The molecule has 0 aliphatic rings. The van der Waals surface area contributed by atoms with Crippen LogP contribution in [0.15, 0.2) is 0 Å². The standard InChI is InChI=1S/2C6H15NO3.2C2H4O2.Pb/c2*8-4-1-7(2-5-9)3-6-10;2*1-2(3)4;/h2*8-10H,1-6H2;2*1H3,(H,3,4);/q;;;;+2/p-2. The minimum Gasteiger partial charge on any atom is -0.550 e. The normalized spacial score (nSPS) is 9.17. The van der Waals surface area contributed by atoms with Gasteiger partial charge in [-0.1, -0.05) is 0 Å². The molecule has 6 N–H and O–H groups in total. The molecule has 0 heterocycles. The van der Waals surface area contributed by atoms with E-state index < -0.39 is 11.9 Å². The Morgan fingerprint density at radius 1 is 0.552 bits per heavy atom. The maximum Gasteiger partial charge on any atom is 2.00 e. The smallest absolute Gasteiger partial charge is 0.550 e. The van der Waals surface area contributed by atoms with Crippen LogP contribution in [0.2, 0.25) is 0 Å². The van der Waals surface area contributed by atoms with Crippen LogP contribution in [0.25, 0.3) is 0 Å². The fourth-order valence-corrected chi connectivity index (χ4v) is 1.52. The van der Waals surface area contributed by atoms with Gasteiger partial charge in [0.25, 0.3) is 0 Å². The Hall–Kier alpha value is -0.458. The average Bonchev–Trinajstić information content (AvgIpc) is 2.56. The van der Waals surface area contributed by atoms with Crippen LogP contribution in [0, 0.1) is 0 Å². The number of aliphatic hydroxyl groups excluding tert-OH is 6. The summed E-state index contributed by atoms with van der Waals surface area (Å²) < 4.78 is 0. The number of carbonyl (C=O) groups is 2. The zero-order chi connectivity index (χ0) is 22.8. The molecule has 29 heavy (non-hydrogen) atoms. The van der Waals surface area contributed by atoms with E-state index in [2.05, 4.69) is 0 Å². The van der Waals surface area contributed by atoms with E-state index in [-0.39, 0.29) is 66.9 Å². The van der Waals surface area contributed by atoms with Crippen molar-refractivity contribution in [1.82, 2.24) is 9.80 Å². The van der Waals surface area contributed by atoms with Gasteiger partial charge in [0, 0.05) is 51.2 Å². The molecule has 0 saturated carbocycles. The van der Waals surface area contributed by atoms with Crippen LogP contribution in [0.4, 0.5) is 0 Å². The van der Waals surface area contributed by atoms with Gasteiger partial charge in [0.15, 0.2) is 0 Å². The van der Waals surface area contributed by atoms with Crippen molar-refractivity contribution in [3.8, 4) is 0 Å². The fourth-order valence-electron chi connectivity index (χ4n) is 1.52. The number of nitrogens with zero attached hydrogens (tertiary/aromatic N) is 2. The Bertz CT molecular complexity index is 262. The van der Waals surface area contributed by atoms with Gasteiger partial charge in [-0.3, -0.25) is 9.80 Å². The largest absolute Gasteiger partial charge is 2.00 e.